The number of nitrogens with one attached hydrogen (secondary N) is 1. The van der Waals surface area contributed by atoms with Crippen molar-refractivity contribution in [2.75, 3.05) is 0 Å². The third kappa shape index (κ3) is 3.13. The molecule has 1 aromatic rings. The maximum absolute atomic E-state index is 12.2. The zero-order valence-corrected chi connectivity index (χ0v) is 13.5. The Hall–Kier alpha value is -1.11. The van der Waals surface area contributed by atoms with Crippen molar-refractivity contribution in [3.05, 3.63) is 33.4 Å². The Morgan fingerprint density at radius 3 is 2.55 bits per heavy atom. The molecule has 0 spiro atoms. The molecule has 20 heavy (non-hydrogen) atoms. The SMILES string of the molecule is CC1(C(=O)O)CCCCC1NC(=O)c1ccc(I)cc1. The highest BCUT2D eigenvalue weighted by atomic mass is 127. The van der Waals surface area contributed by atoms with Crippen LogP contribution in [0.3, 0.4) is 0 Å². The first-order valence-corrected chi connectivity index (χ1v) is 7.81. The second-order valence-corrected chi connectivity index (χ2v) is 6.75. The molecule has 0 aliphatic heterocycles. The van der Waals surface area contributed by atoms with Gasteiger partial charge in [-0.05, 0) is 66.6 Å². The lowest BCUT2D eigenvalue weighted by molar-refractivity contribution is -0.151. The molecule has 1 aromatic carbocycles. The van der Waals surface area contributed by atoms with Gasteiger partial charge in [-0.15, -0.1) is 0 Å². The molecule has 1 aliphatic rings. The number of carboxylic acid groups (broad SMARTS) is 1. The Kier molecular flexibility index (Phi) is 4.67. The van der Waals surface area contributed by atoms with E-state index < -0.39 is 11.4 Å². The molecule has 1 amide bonds. The summed E-state index contributed by atoms with van der Waals surface area (Å²) in [7, 11) is 0. The highest BCUT2D eigenvalue weighted by Gasteiger charge is 2.43. The molecule has 5 heteroatoms. The number of aliphatic carboxylic acids is 1. The van der Waals surface area contributed by atoms with Gasteiger partial charge in [0, 0.05) is 15.2 Å². The van der Waals surface area contributed by atoms with Gasteiger partial charge in [0.15, 0.2) is 0 Å². The summed E-state index contributed by atoms with van der Waals surface area (Å²) in [6.45, 7) is 1.73. The first-order valence-electron chi connectivity index (χ1n) is 6.73. The fourth-order valence-electron chi connectivity index (χ4n) is 2.66. The van der Waals surface area contributed by atoms with Crippen LogP contribution in [0.15, 0.2) is 24.3 Å². The van der Waals surface area contributed by atoms with Crippen LogP contribution in [0, 0.1) is 8.99 Å². The molecule has 0 heterocycles. The van der Waals surface area contributed by atoms with Crippen LogP contribution >= 0.6 is 22.6 Å². The average molecular weight is 387 g/mol. The second-order valence-electron chi connectivity index (χ2n) is 5.50. The summed E-state index contributed by atoms with van der Waals surface area (Å²) in [5, 5.41) is 12.3. The number of hydrogen-bond donors (Lipinski definition) is 2. The van der Waals surface area contributed by atoms with Gasteiger partial charge in [0.2, 0.25) is 0 Å². The van der Waals surface area contributed by atoms with Crippen LogP contribution in [-0.4, -0.2) is 23.0 Å². The summed E-state index contributed by atoms with van der Waals surface area (Å²) in [4.78, 5) is 23.7. The molecule has 0 radical (unpaired) electrons. The van der Waals surface area contributed by atoms with Gasteiger partial charge in [-0.1, -0.05) is 12.8 Å². The van der Waals surface area contributed by atoms with E-state index in [2.05, 4.69) is 27.9 Å². The van der Waals surface area contributed by atoms with Gasteiger partial charge < -0.3 is 10.4 Å². The second kappa shape index (κ2) is 6.11. The standard InChI is InChI=1S/C15H18INO3/c1-15(14(19)20)9-3-2-4-12(15)17-13(18)10-5-7-11(16)8-6-10/h5-8,12H,2-4,9H2,1H3,(H,17,18)(H,19,20). The van der Waals surface area contributed by atoms with Crippen LogP contribution in [-0.2, 0) is 4.79 Å². The zero-order chi connectivity index (χ0) is 14.8. The topological polar surface area (TPSA) is 66.4 Å². The third-order valence-corrected chi connectivity index (χ3v) is 4.83. The van der Waals surface area contributed by atoms with E-state index in [0.717, 1.165) is 22.8 Å². The quantitative estimate of drug-likeness (QED) is 0.784. The maximum atomic E-state index is 12.2. The lowest BCUT2D eigenvalue weighted by Gasteiger charge is -2.38. The van der Waals surface area contributed by atoms with Crippen LogP contribution in [0.5, 0.6) is 0 Å². The smallest absolute Gasteiger partial charge is 0.311 e. The molecule has 2 N–H and O–H groups in total. The third-order valence-electron chi connectivity index (χ3n) is 4.11. The van der Waals surface area contributed by atoms with Gasteiger partial charge in [-0.25, -0.2) is 0 Å². The van der Waals surface area contributed by atoms with E-state index in [1.54, 1.807) is 19.1 Å². The minimum Gasteiger partial charge on any atom is -0.481 e. The average Bonchev–Trinajstić information content (AvgIpc) is 2.42. The molecule has 2 unspecified atom stereocenters. The number of carboxylic acids is 1. The van der Waals surface area contributed by atoms with Crippen LogP contribution in [0.1, 0.15) is 43.0 Å². The normalized spacial score (nSPS) is 26.0. The molecule has 0 bridgehead atoms. The predicted octanol–water partition coefficient (Wildman–Crippen LogP) is 3.05. The summed E-state index contributed by atoms with van der Waals surface area (Å²) in [6, 6.07) is 6.95. The number of halogens is 1. The summed E-state index contributed by atoms with van der Waals surface area (Å²) in [6.07, 6.45) is 3.19. The van der Waals surface area contributed by atoms with Crippen molar-refractivity contribution in [1.82, 2.24) is 5.32 Å². The van der Waals surface area contributed by atoms with E-state index in [4.69, 9.17) is 0 Å². The Bertz CT molecular complexity index is 514. The minimum absolute atomic E-state index is 0.194. The molecule has 2 rings (SSSR count). The number of carbonyl (C=O) groups is 2. The zero-order valence-electron chi connectivity index (χ0n) is 11.4. The van der Waals surface area contributed by atoms with E-state index in [9.17, 15) is 14.7 Å². The largest absolute Gasteiger partial charge is 0.481 e. The van der Waals surface area contributed by atoms with Gasteiger partial charge in [0.1, 0.15) is 0 Å². The first kappa shape index (κ1) is 15.3. The van der Waals surface area contributed by atoms with Crippen molar-refractivity contribution in [2.24, 2.45) is 5.41 Å². The van der Waals surface area contributed by atoms with Crippen molar-refractivity contribution in [1.29, 1.82) is 0 Å². The van der Waals surface area contributed by atoms with Gasteiger partial charge in [0.25, 0.3) is 5.91 Å². The molecule has 0 aromatic heterocycles. The van der Waals surface area contributed by atoms with Crippen molar-refractivity contribution >= 4 is 34.5 Å². The lowest BCUT2D eigenvalue weighted by atomic mass is 9.71. The van der Waals surface area contributed by atoms with Crippen molar-refractivity contribution in [2.45, 2.75) is 38.6 Å². The monoisotopic (exact) mass is 387 g/mol. The molecule has 0 saturated heterocycles. The fraction of sp³-hybridized carbons (Fsp3) is 0.467. The summed E-state index contributed by atoms with van der Waals surface area (Å²) >= 11 is 2.18. The molecular formula is C15H18INO3. The fourth-order valence-corrected chi connectivity index (χ4v) is 3.02. The first-order chi connectivity index (χ1) is 9.43. The van der Waals surface area contributed by atoms with E-state index in [1.807, 2.05) is 12.1 Å². The van der Waals surface area contributed by atoms with Gasteiger partial charge >= 0.3 is 5.97 Å². The van der Waals surface area contributed by atoms with Crippen LogP contribution < -0.4 is 5.32 Å². The number of benzene rings is 1. The summed E-state index contributed by atoms with van der Waals surface area (Å²) < 4.78 is 1.06. The highest BCUT2D eigenvalue weighted by molar-refractivity contribution is 14.1. The van der Waals surface area contributed by atoms with E-state index in [1.165, 1.54) is 0 Å². The Morgan fingerprint density at radius 1 is 1.30 bits per heavy atom. The number of rotatable bonds is 3. The van der Waals surface area contributed by atoms with E-state index in [0.29, 0.717) is 12.0 Å². The molecule has 2 atom stereocenters. The number of hydrogen-bond acceptors (Lipinski definition) is 2. The molecule has 1 saturated carbocycles. The highest BCUT2D eigenvalue weighted by Crippen LogP contribution is 2.36. The molecule has 108 valence electrons. The van der Waals surface area contributed by atoms with Gasteiger partial charge in [-0.2, -0.15) is 0 Å². The molecule has 1 aliphatic carbocycles. The lowest BCUT2D eigenvalue weighted by Crippen LogP contribution is -2.52. The minimum atomic E-state index is -0.864. The van der Waals surface area contributed by atoms with Crippen molar-refractivity contribution in [3.8, 4) is 0 Å². The molecule has 4 nitrogen and oxygen atoms in total. The Labute approximate surface area is 132 Å². The molecule has 1 fully saturated rings. The number of carbonyl (C=O) groups excluding carboxylic acids is 1. The summed E-state index contributed by atoms with van der Waals surface area (Å²) in [5.41, 5.74) is -0.291. The number of amides is 1. The Morgan fingerprint density at radius 2 is 1.95 bits per heavy atom. The summed E-state index contributed by atoms with van der Waals surface area (Å²) in [5.74, 6) is -1.02. The van der Waals surface area contributed by atoms with Gasteiger partial charge in [0.05, 0.1) is 5.41 Å². The van der Waals surface area contributed by atoms with Crippen molar-refractivity contribution < 1.29 is 14.7 Å². The van der Waals surface area contributed by atoms with Crippen molar-refractivity contribution in [3.63, 3.8) is 0 Å². The maximum Gasteiger partial charge on any atom is 0.311 e. The van der Waals surface area contributed by atoms with E-state index >= 15 is 0 Å². The van der Waals surface area contributed by atoms with Crippen LogP contribution in [0.2, 0.25) is 0 Å². The van der Waals surface area contributed by atoms with Crippen LogP contribution in [0.4, 0.5) is 0 Å². The molecular weight excluding hydrogens is 369 g/mol. The predicted molar refractivity (Wildman–Crippen MR) is 84.6 cm³/mol. The van der Waals surface area contributed by atoms with E-state index in [-0.39, 0.29) is 11.9 Å². The van der Waals surface area contributed by atoms with Crippen LogP contribution in [0.25, 0.3) is 0 Å². The Balaban J connectivity index is 2.13. The van der Waals surface area contributed by atoms with Gasteiger partial charge in [-0.3, -0.25) is 9.59 Å².